The van der Waals surface area contributed by atoms with Crippen molar-refractivity contribution >= 4 is 11.9 Å². The smallest absolute Gasteiger partial charge is 0.337 e. The van der Waals surface area contributed by atoms with Crippen LogP contribution >= 0.6 is 0 Å². The van der Waals surface area contributed by atoms with Gasteiger partial charge in [0.05, 0.1) is 18.2 Å². The molecule has 0 saturated heterocycles. The summed E-state index contributed by atoms with van der Waals surface area (Å²) in [6, 6.07) is 7.20. The van der Waals surface area contributed by atoms with Crippen molar-refractivity contribution in [3.8, 4) is 11.1 Å². The number of ether oxygens (including phenoxy) is 1. The molecule has 6 heteroatoms. The van der Waals surface area contributed by atoms with Gasteiger partial charge in [0.25, 0.3) is 5.91 Å². The molecule has 0 unspecified atom stereocenters. The normalized spacial score (nSPS) is 11.1. The van der Waals surface area contributed by atoms with E-state index in [2.05, 4.69) is 30.5 Å². The molecule has 2 N–H and O–H groups in total. The van der Waals surface area contributed by atoms with Gasteiger partial charge in [0.1, 0.15) is 0 Å². The summed E-state index contributed by atoms with van der Waals surface area (Å²) in [4.78, 5) is 26.3. The van der Waals surface area contributed by atoms with E-state index in [4.69, 9.17) is 10.5 Å². The molecule has 2 aromatic rings. The molecule has 158 valence electrons. The maximum atomic E-state index is 12.4. The van der Waals surface area contributed by atoms with Gasteiger partial charge in [-0.05, 0) is 64.5 Å². The summed E-state index contributed by atoms with van der Waals surface area (Å²) in [5.74, 6) is -0.797. The number of carbonyl (C=O) groups excluding carboxylic acids is 2. The molecule has 0 atom stereocenters. The van der Waals surface area contributed by atoms with Crippen molar-refractivity contribution in [2.75, 3.05) is 27.7 Å². The number of unbranched alkanes of at least 4 members (excludes halogenated alkanes) is 1. The topological polar surface area (TPSA) is 77.6 Å². The minimum absolute atomic E-state index is 0.379. The van der Waals surface area contributed by atoms with Gasteiger partial charge in [-0.1, -0.05) is 25.5 Å². The second kappa shape index (κ2) is 10.3. The predicted molar refractivity (Wildman–Crippen MR) is 116 cm³/mol. The zero-order chi connectivity index (χ0) is 21.6. The molecule has 0 radical (unpaired) electrons. The number of nitrogens with two attached hydrogens (primary N) is 1. The highest BCUT2D eigenvalue weighted by Gasteiger charge is 2.24. The van der Waals surface area contributed by atoms with Crippen molar-refractivity contribution in [3.63, 3.8) is 0 Å². The number of methoxy groups -OCH3 is 1. The van der Waals surface area contributed by atoms with E-state index in [1.54, 1.807) is 12.1 Å². The first-order valence-electron chi connectivity index (χ1n) is 10.2. The lowest BCUT2D eigenvalue weighted by molar-refractivity contribution is 0.0600. The number of hydrogen-bond donors (Lipinski definition) is 1. The molecule has 1 amide bonds. The summed E-state index contributed by atoms with van der Waals surface area (Å²) >= 11 is 0. The zero-order valence-corrected chi connectivity index (χ0v) is 18.2. The number of esters is 1. The monoisotopic (exact) mass is 399 g/mol. The van der Waals surface area contributed by atoms with E-state index in [1.807, 2.05) is 19.1 Å². The molecule has 0 aliphatic rings. The Balaban J connectivity index is 2.58. The van der Waals surface area contributed by atoms with Crippen molar-refractivity contribution < 1.29 is 14.3 Å². The van der Waals surface area contributed by atoms with Crippen LogP contribution < -0.4 is 5.73 Å². The maximum absolute atomic E-state index is 12.4. The minimum Gasteiger partial charge on any atom is -0.465 e. The van der Waals surface area contributed by atoms with Gasteiger partial charge in [-0.3, -0.25) is 4.79 Å². The fourth-order valence-corrected chi connectivity index (χ4v) is 3.75. The van der Waals surface area contributed by atoms with Gasteiger partial charge in [0.15, 0.2) is 0 Å². The molecule has 0 bridgehead atoms. The van der Waals surface area contributed by atoms with Gasteiger partial charge >= 0.3 is 5.97 Å². The number of aromatic nitrogens is 1. The number of primary amides is 1. The number of amides is 1. The van der Waals surface area contributed by atoms with Crippen molar-refractivity contribution in [2.24, 2.45) is 5.73 Å². The molecule has 0 aliphatic carbocycles. The Morgan fingerprint density at radius 2 is 1.79 bits per heavy atom. The van der Waals surface area contributed by atoms with E-state index < -0.39 is 5.91 Å². The quantitative estimate of drug-likeness (QED) is 0.619. The first-order chi connectivity index (χ1) is 13.8. The molecule has 1 aromatic carbocycles. The molecule has 0 fully saturated rings. The fraction of sp³-hybridized carbons (Fsp3) is 0.478. The largest absolute Gasteiger partial charge is 0.465 e. The Hall–Kier alpha value is -2.60. The van der Waals surface area contributed by atoms with Gasteiger partial charge in [0.2, 0.25) is 0 Å². The number of nitrogens with zero attached hydrogens (tertiary/aromatic N) is 2. The summed E-state index contributed by atoms with van der Waals surface area (Å²) in [7, 11) is 5.48. The summed E-state index contributed by atoms with van der Waals surface area (Å²) in [6.45, 7) is 5.94. The van der Waals surface area contributed by atoms with E-state index in [0.29, 0.717) is 11.1 Å². The Morgan fingerprint density at radius 3 is 2.31 bits per heavy atom. The molecular formula is C23H33N3O3. The van der Waals surface area contributed by atoms with Gasteiger partial charge in [-0.2, -0.15) is 0 Å². The zero-order valence-electron chi connectivity index (χ0n) is 18.2. The Morgan fingerprint density at radius 1 is 1.14 bits per heavy atom. The number of hydrogen-bond acceptors (Lipinski definition) is 4. The maximum Gasteiger partial charge on any atom is 0.337 e. The van der Waals surface area contributed by atoms with Gasteiger partial charge < -0.3 is 19.9 Å². The van der Waals surface area contributed by atoms with E-state index in [9.17, 15) is 9.59 Å². The first-order valence-corrected chi connectivity index (χ1v) is 10.2. The second-order valence-corrected chi connectivity index (χ2v) is 7.63. The number of carbonyl (C=O) groups is 2. The average molecular weight is 400 g/mol. The molecule has 1 aromatic heterocycles. The Kier molecular flexibility index (Phi) is 8.02. The highest BCUT2D eigenvalue weighted by molar-refractivity contribution is 6.02. The molecule has 0 aliphatic heterocycles. The van der Waals surface area contributed by atoms with Crippen LogP contribution in [0.15, 0.2) is 24.3 Å². The van der Waals surface area contributed by atoms with E-state index in [-0.39, 0.29) is 5.97 Å². The summed E-state index contributed by atoms with van der Waals surface area (Å²) in [5, 5.41) is 0. The third-order valence-electron chi connectivity index (χ3n) is 5.23. The lowest BCUT2D eigenvalue weighted by Crippen LogP contribution is -2.17. The van der Waals surface area contributed by atoms with Gasteiger partial charge in [-0.25, -0.2) is 4.79 Å². The van der Waals surface area contributed by atoms with Crippen LogP contribution in [0.2, 0.25) is 0 Å². The second-order valence-electron chi connectivity index (χ2n) is 7.63. The van der Waals surface area contributed by atoms with Crippen molar-refractivity contribution in [2.45, 2.75) is 46.1 Å². The number of benzene rings is 1. The Labute approximate surface area is 173 Å². The fourth-order valence-electron chi connectivity index (χ4n) is 3.75. The van der Waals surface area contributed by atoms with Crippen molar-refractivity contribution in [1.29, 1.82) is 0 Å². The van der Waals surface area contributed by atoms with Crippen LogP contribution in [-0.4, -0.2) is 49.1 Å². The molecule has 0 saturated carbocycles. The van der Waals surface area contributed by atoms with Crippen LogP contribution in [0.25, 0.3) is 11.1 Å². The van der Waals surface area contributed by atoms with Crippen LogP contribution in [0.5, 0.6) is 0 Å². The summed E-state index contributed by atoms with van der Waals surface area (Å²) in [6.07, 6.45) is 3.96. The standard InChI is InChI=1S/C23H33N3O3/c1-6-7-9-19-21(17-10-12-18(13-11-17)23(28)29-5)20(22(24)27)16(2)26(19)15-8-14-25(3)4/h10-13H,6-9,14-15H2,1-5H3,(H2,24,27). The van der Waals surface area contributed by atoms with E-state index >= 15 is 0 Å². The lowest BCUT2D eigenvalue weighted by atomic mass is 9.96. The molecule has 0 spiro atoms. The molecule has 29 heavy (non-hydrogen) atoms. The predicted octanol–water partition coefficient (Wildman–Crippen LogP) is 3.64. The van der Waals surface area contributed by atoms with Crippen LogP contribution in [-0.2, 0) is 17.7 Å². The summed E-state index contributed by atoms with van der Waals surface area (Å²) in [5.41, 5.74) is 10.7. The molecular weight excluding hydrogens is 366 g/mol. The average Bonchev–Trinajstić information content (AvgIpc) is 2.97. The highest BCUT2D eigenvalue weighted by atomic mass is 16.5. The molecule has 6 nitrogen and oxygen atoms in total. The van der Waals surface area contributed by atoms with E-state index in [1.165, 1.54) is 7.11 Å². The van der Waals surface area contributed by atoms with Crippen molar-refractivity contribution in [1.82, 2.24) is 9.47 Å². The van der Waals surface area contributed by atoms with Gasteiger partial charge in [0, 0.05) is 23.5 Å². The lowest BCUT2D eigenvalue weighted by Gasteiger charge is -2.15. The van der Waals surface area contributed by atoms with E-state index in [0.717, 1.165) is 61.3 Å². The molecule has 2 rings (SSSR count). The Bertz CT molecular complexity index is 851. The van der Waals surface area contributed by atoms with Crippen LogP contribution in [0.4, 0.5) is 0 Å². The van der Waals surface area contributed by atoms with Crippen molar-refractivity contribution in [3.05, 3.63) is 46.8 Å². The van der Waals surface area contributed by atoms with Crippen LogP contribution in [0.3, 0.4) is 0 Å². The van der Waals surface area contributed by atoms with Gasteiger partial charge in [-0.15, -0.1) is 0 Å². The summed E-state index contributed by atoms with van der Waals surface area (Å²) < 4.78 is 7.04. The third kappa shape index (κ3) is 5.26. The van der Waals surface area contributed by atoms with Crippen LogP contribution in [0.1, 0.15) is 58.3 Å². The first kappa shape index (κ1) is 22.7. The van der Waals surface area contributed by atoms with Crippen LogP contribution in [0, 0.1) is 6.92 Å². The highest BCUT2D eigenvalue weighted by Crippen LogP contribution is 2.34. The minimum atomic E-state index is -0.418. The third-order valence-corrected chi connectivity index (χ3v) is 5.23. The molecule has 1 heterocycles. The SMILES string of the molecule is CCCCc1c(-c2ccc(C(=O)OC)cc2)c(C(N)=O)c(C)n1CCCN(C)C. The number of rotatable bonds is 10.